The number of halogens is 2. The molecule has 0 radical (unpaired) electrons. The SMILES string of the molecule is C#CC(C)(C)N(C)C/C(Cl)=C/Cl. The van der Waals surface area contributed by atoms with E-state index >= 15 is 0 Å². The van der Waals surface area contributed by atoms with Crippen LogP contribution < -0.4 is 0 Å². The average Bonchev–Trinajstić information content (AvgIpc) is 2.04. The molecule has 12 heavy (non-hydrogen) atoms. The second kappa shape index (κ2) is 4.77. The highest BCUT2D eigenvalue weighted by atomic mass is 35.5. The van der Waals surface area contributed by atoms with E-state index in [9.17, 15) is 0 Å². The van der Waals surface area contributed by atoms with Gasteiger partial charge in [-0.1, -0.05) is 29.1 Å². The third-order valence-corrected chi connectivity index (χ3v) is 2.42. The highest BCUT2D eigenvalue weighted by Crippen LogP contribution is 2.14. The predicted molar refractivity (Wildman–Crippen MR) is 55.3 cm³/mol. The van der Waals surface area contributed by atoms with E-state index in [0.29, 0.717) is 11.6 Å². The molecule has 0 saturated carbocycles. The lowest BCUT2D eigenvalue weighted by Crippen LogP contribution is -2.40. The monoisotopic (exact) mass is 205 g/mol. The first kappa shape index (κ1) is 11.8. The summed E-state index contributed by atoms with van der Waals surface area (Å²) in [5.74, 6) is 2.67. The Morgan fingerprint density at radius 1 is 1.67 bits per heavy atom. The third kappa shape index (κ3) is 3.49. The van der Waals surface area contributed by atoms with Gasteiger partial charge in [0, 0.05) is 17.1 Å². The normalized spacial score (nSPS) is 13.2. The van der Waals surface area contributed by atoms with Gasteiger partial charge >= 0.3 is 0 Å². The van der Waals surface area contributed by atoms with Gasteiger partial charge in [-0.05, 0) is 20.9 Å². The molecule has 0 aromatic carbocycles. The Morgan fingerprint density at radius 2 is 2.17 bits per heavy atom. The summed E-state index contributed by atoms with van der Waals surface area (Å²) in [5, 5.41) is 0.586. The lowest BCUT2D eigenvalue weighted by Gasteiger charge is -2.30. The van der Waals surface area contributed by atoms with Gasteiger partial charge in [-0.25, -0.2) is 0 Å². The molecule has 0 unspecified atom stereocenters. The molecular weight excluding hydrogens is 193 g/mol. The quantitative estimate of drug-likeness (QED) is 0.641. The minimum atomic E-state index is -0.292. The molecule has 0 saturated heterocycles. The van der Waals surface area contributed by atoms with Gasteiger partial charge in [-0.2, -0.15) is 0 Å². The Kier molecular flexibility index (Phi) is 4.70. The van der Waals surface area contributed by atoms with Crippen LogP contribution in [0, 0.1) is 12.3 Å². The first-order valence-electron chi connectivity index (χ1n) is 3.58. The fraction of sp³-hybridized carbons (Fsp3) is 0.556. The standard InChI is InChI=1S/C9H13Cl2N/c1-5-9(2,3)12(4)7-8(11)6-10/h1,6H,7H2,2-4H3/b8-6-. The summed E-state index contributed by atoms with van der Waals surface area (Å²) in [7, 11) is 1.91. The van der Waals surface area contributed by atoms with Crippen LogP contribution in [0.25, 0.3) is 0 Å². The van der Waals surface area contributed by atoms with Crippen molar-refractivity contribution in [2.75, 3.05) is 13.6 Å². The highest BCUT2D eigenvalue weighted by Gasteiger charge is 2.20. The maximum atomic E-state index is 5.74. The smallest absolute Gasteiger partial charge is 0.0766 e. The molecule has 3 heteroatoms. The van der Waals surface area contributed by atoms with E-state index in [2.05, 4.69) is 5.92 Å². The van der Waals surface area contributed by atoms with Crippen molar-refractivity contribution in [2.45, 2.75) is 19.4 Å². The number of nitrogens with zero attached hydrogens (tertiary/aromatic N) is 1. The first-order chi connectivity index (χ1) is 5.44. The minimum absolute atomic E-state index is 0.292. The lowest BCUT2D eigenvalue weighted by atomic mass is 10.1. The zero-order valence-electron chi connectivity index (χ0n) is 7.56. The Morgan fingerprint density at radius 3 is 2.50 bits per heavy atom. The molecule has 1 nitrogen and oxygen atoms in total. The molecule has 0 bridgehead atoms. The predicted octanol–water partition coefficient (Wildman–Crippen LogP) is 2.65. The topological polar surface area (TPSA) is 3.24 Å². The number of terminal acetylenes is 1. The molecule has 0 amide bonds. The van der Waals surface area contributed by atoms with Crippen molar-refractivity contribution >= 4 is 23.2 Å². The van der Waals surface area contributed by atoms with Crippen molar-refractivity contribution in [1.29, 1.82) is 0 Å². The highest BCUT2D eigenvalue weighted by molar-refractivity contribution is 6.36. The van der Waals surface area contributed by atoms with Gasteiger partial charge in [0.2, 0.25) is 0 Å². The first-order valence-corrected chi connectivity index (χ1v) is 4.39. The van der Waals surface area contributed by atoms with Crippen LogP contribution in [-0.4, -0.2) is 24.0 Å². The van der Waals surface area contributed by atoms with Crippen LogP contribution in [0.5, 0.6) is 0 Å². The van der Waals surface area contributed by atoms with Crippen molar-refractivity contribution in [3.8, 4) is 12.3 Å². The lowest BCUT2D eigenvalue weighted by molar-refractivity contribution is 0.235. The second-order valence-corrected chi connectivity index (χ2v) is 3.82. The molecule has 0 aliphatic heterocycles. The summed E-state index contributed by atoms with van der Waals surface area (Å²) >= 11 is 11.2. The molecule has 0 spiro atoms. The van der Waals surface area contributed by atoms with E-state index < -0.39 is 0 Å². The number of hydrogen-bond donors (Lipinski definition) is 0. The van der Waals surface area contributed by atoms with Crippen molar-refractivity contribution in [3.63, 3.8) is 0 Å². The van der Waals surface area contributed by atoms with Gasteiger partial charge < -0.3 is 0 Å². The maximum absolute atomic E-state index is 5.74. The summed E-state index contributed by atoms with van der Waals surface area (Å²) in [5.41, 5.74) is 1.06. The summed E-state index contributed by atoms with van der Waals surface area (Å²) < 4.78 is 0. The van der Waals surface area contributed by atoms with Gasteiger partial charge in [0.15, 0.2) is 0 Å². The fourth-order valence-corrected chi connectivity index (χ4v) is 0.817. The van der Waals surface area contributed by atoms with Crippen LogP contribution >= 0.6 is 23.2 Å². The van der Waals surface area contributed by atoms with Gasteiger partial charge in [0.05, 0.1) is 5.54 Å². The van der Waals surface area contributed by atoms with E-state index in [4.69, 9.17) is 29.6 Å². The molecule has 0 fully saturated rings. The summed E-state index contributed by atoms with van der Waals surface area (Å²) in [6.45, 7) is 4.47. The Bertz CT molecular complexity index is 213. The van der Waals surface area contributed by atoms with Gasteiger partial charge in [0.25, 0.3) is 0 Å². The average molecular weight is 206 g/mol. The van der Waals surface area contributed by atoms with Crippen molar-refractivity contribution in [2.24, 2.45) is 0 Å². The molecule has 0 atom stereocenters. The number of hydrogen-bond acceptors (Lipinski definition) is 1. The number of likely N-dealkylation sites (N-methyl/N-ethyl adjacent to an activating group) is 1. The molecule has 68 valence electrons. The molecule has 0 aliphatic rings. The van der Waals surface area contributed by atoms with Gasteiger partial charge in [-0.3, -0.25) is 4.90 Å². The second-order valence-electron chi connectivity index (χ2n) is 3.12. The van der Waals surface area contributed by atoms with E-state index in [1.54, 1.807) is 0 Å². The zero-order chi connectivity index (χ0) is 9.78. The molecule has 0 aliphatic carbocycles. The summed E-state index contributed by atoms with van der Waals surface area (Å²) in [6.07, 6.45) is 5.34. The van der Waals surface area contributed by atoms with E-state index in [1.165, 1.54) is 5.54 Å². The largest absolute Gasteiger partial charge is 0.286 e. The Hall–Kier alpha value is -0.160. The molecule has 0 N–H and O–H groups in total. The van der Waals surface area contributed by atoms with Crippen LogP contribution in [0.2, 0.25) is 0 Å². The molecule has 0 rings (SSSR count). The fourth-order valence-electron chi connectivity index (χ4n) is 0.569. The van der Waals surface area contributed by atoms with Crippen molar-refractivity contribution in [1.82, 2.24) is 4.90 Å². The molecule has 0 aromatic rings. The van der Waals surface area contributed by atoms with E-state index in [1.807, 2.05) is 25.8 Å². The van der Waals surface area contributed by atoms with E-state index in [-0.39, 0.29) is 5.54 Å². The maximum Gasteiger partial charge on any atom is 0.0766 e. The minimum Gasteiger partial charge on any atom is -0.286 e. The van der Waals surface area contributed by atoms with Crippen LogP contribution in [0.15, 0.2) is 10.6 Å². The van der Waals surface area contributed by atoms with Crippen LogP contribution in [-0.2, 0) is 0 Å². The zero-order valence-corrected chi connectivity index (χ0v) is 9.08. The summed E-state index contributed by atoms with van der Waals surface area (Å²) in [6, 6.07) is 0. The molecule has 0 heterocycles. The molecule has 0 aromatic heterocycles. The number of rotatable bonds is 3. The Balaban J connectivity index is 4.24. The van der Waals surface area contributed by atoms with Gasteiger partial charge in [0.1, 0.15) is 0 Å². The Labute approximate surface area is 84.3 Å². The van der Waals surface area contributed by atoms with Gasteiger partial charge in [-0.15, -0.1) is 6.42 Å². The van der Waals surface area contributed by atoms with Crippen LogP contribution in [0.3, 0.4) is 0 Å². The summed E-state index contributed by atoms with van der Waals surface area (Å²) in [4.78, 5) is 1.95. The van der Waals surface area contributed by atoms with Crippen LogP contribution in [0.4, 0.5) is 0 Å². The van der Waals surface area contributed by atoms with Crippen molar-refractivity contribution < 1.29 is 0 Å². The van der Waals surface area contributed by atoms with Crippen molar-refractivity contribution in [3.05, 3.63) is 10.6 Å². The van der Waals surface area contributed by atoms with E-state index in [0.717, 1.165) is 0 Å². The third-order valence-electron chi connectivity index (χ3n) is 1.81. The van der Waals surface area contributed by atoms with Crippen LogP contribution in [0.1, 0.15) is 13.8 Å². The molecular formula is C9H13Cl2N.